The Morgan fingerprint density at radius 2 is 1.57 bits per heavy atom. The van der Waals surface area contributed by atoms with Crippen LogP contribution in [0.25, 0.3) is 0 Å². The van der Waals surface area contributed by atoms with Crippen LogP contribution < -0.4 is 11.5 Å². The second kappa shape index (κ2) is 3.75. The van der Waals surface area contributed by atoms with Crippen molar-refractivity contribution < 1.29 is 4.48 Å². The van der Waals surface area contributed by atoms with E-state index >= 15 is 0 Å². The van der Waals surface area contributed by atoms with Crippen molar-refractivity contribution in [2.24, 2.45) is 0 Å². The summed E-state index contributed by atoms with van der Waals surface area (Å²) in [5, 5.41) is 0. The molecule has 6 nitrogen and oxygen atoms in total. The van der Waals surface area contributed by atoms with Crippen molar-refractivity contribution in [3.63, 3.8) is 0 Å². The van der Waals surface area contributed by atoms with Gasteiger partial charge in [0.15, 0.2) is 5.82 Å². The van der Waals surface area contributed by atoms with E-state index in [1.165, 1.54) is 0 Å². The second-order valence-corrected chi connectivity index (χ2v) is 3.88. The molecule has 0 aliphatic carbocycles. The number of rotatable bonds is 3. The van der Waals surface area contributed by atoms with Gasteiger partial charge in [0.05, 0.1) is 20.6 Å². The van der Waals surface area contributed by atoms with Crippen molar-refractivity contribution in [3.8, 4) is 0 Å². The fraction of sp³-hybridized carbons (Fsp3) is 0.625. The smallest absolute Gasteiger partial charge is 0.225 e. The van der Waals surface area contributed by atoms with Gasteiger partial charge in [-0.2, -0.15) is 15.0 Å². The Morgan fingerprint density at radius 3 is 2.00 bits per heavy atom. The van der Waals surface area contributed by atoms with Crippen LogP contribution >= 0.6 is 0 Å². The third-order valence-electron chi connectivity index (χ3n) is 2.14. The van der Waals surface area contributed by atoms with Gasteiger partial charge >= 0.3 is 0 Å². The third-order valence-corrected chi connectivity index (χ3v) is 2.14. The molecule has 0 atom stereocenters. The molecule has 0 saturated carbocycles. The molecule has 6 heteroatoms. The number of nitrogen functional groups attached to an aromatic ring is 2. The van der Waals surface area contributed by atoms with Gasteiger partial charge in [0.1, 0.15) is 6.54 Å². The number of hydrogen-bond donors (Lipinski definition) is 2. The van der Waals surface area contributed by atoms with Crippen LogP contribution in [0.4, 0.5) is 11.9 Å². The number of aromatic nitrogens is 3. The summed E-state index contributed by atoms with van der Waals surface area (Å²) in [5.41, 5.74) is 10.9. The molecule has 0 fully saturated rings. The van der Waals surface area contributed by atoms with Crippen LogP contribution in [0.3, 0.4) is 0 Å². The summed E-state index contributed by atoms with van der Waals surface area (Å²) in [7, 11) is 4.19. The van der Waals surface area contributed by atoms with Crippen molar-refractivity contribution in [1.82, 2.24) is 15.0 Å². The lowest BCUT2D eigenvalue weighted by Gasteiger charge is -2.27. The average molecular weight is 197 g/mol. The standard InChI is InChI=1S/C8H17N6/c1-4-14(2,3)5-6-11-7(9)13-8(10)12-6/h4-5H2,1-3H3,(H4,9,10,11,12,13)/q+1. The van der Waals surface area contributed by atoms with E-state index < -0.39 is 0 Å². The van der Waals surface area contributed by atoms with Crippen LogP contribution in [0.5, 0.6) is 0 Å². The molecule has 0 unspecified atom stereocenters. The number of nitrogens with two attached hydrogens (primary N) is 2. The summed E-state index contributed by atoms with van der Waals surface area (Å²) in [4.78, 5) is 11.8. The first-order valence-electron chi connectivity index (χ1n) is 4.51. The van der Waals surface area contributed by atoms with Gasteiger partial charge in [0, 0.05) is 0 Å². The minimum Gasteiger partial charge on any atom is -0.368 e. The maximum atomic E-state index is 5.47. The van der Waals surface area contributed by atoms with Gasteiger partial charge in [-0.05, 0) is 6.92 Å². The van der Waals surface area contributed by atoms with E-state index in [1.54, 1.807) is 0 Å². The predicted octanol–water partition coefficient (Wildman–Crippen LogP) is -0.368. The van der Waals surface area contributed by atoms with E-state index in [4.69, 9.17) is 11.5 Å². The van der Waals surface area contributed by atoms with Gasteiger partial charge in [-0.15, -0.1) is 0 Å². The van der Waals surface area contributed by atoms with Gasteiger partial charge in [-0.25, -0.2) is 0 Å². The van der Waals surface area contributed by atoms with Crippen molar-refractivity contribution in [2.75, 3.05) is 32.1 Å². The largest absolute Gasteiger partial charge is 0.368 e. The topological polar surface area (TPSA) is 90.7 Å². The Bertz CT molecular complexity index is 301. The molecule has 0 aromatic carbocycles. The molecule has 0 aliphatic heterocycles. The second-order valence-electron chi connectivity index (χ2n) is 3.88. The van der Waals surface area contributed by atoms with Gasteiger partial charge in [-0.3, -0.25) is 0 Å². The molecular weight excluding hydrogens is 180 g/mol. The Balaban J connectivity index is 2.87. The summed E-state index contributed by atoms with van der Waals surface area (Å²) >= 11 is 0. The lowest BCUT2D eigenvalue weighted by Crippen LogP contribution is -2.39. The number of nitrogens with zero attached hydrogens (tertiary/aromatic N) is 4. The summed E-state index contributed by atoms with van der Waals surface area (Å²) in [6.07, 6.45) is 0. The van der Waals surface area contributed by atoms with Crippen molar-refractivity contribution >= 4 is 11.9 Å². The highest BCUT2D eigenvalue weighted by molar-refractivity contribution is 5.25. The lowest BCUT2D eigenvalue weighted by atomic mass is 10.4. The summed E-state index contributed by atoms with van der Waals surface area (Å²) in [6.45, 7) is 3.80. The highest BCUT2D eigenvalue weighted by Gasteiger charge is 2.15. The third kappa shape index (κ3) is 2.81. The van der Waals surface area contributed by atoms with Crippen LogP contribution in [0.1, 0.15) is 12.7 Å². The zero-order chi connectivity index (χ0) is 10.8. The van der Waals surface area contributed by atoms with Crippen molar-refractivity contribution in [3.05, 3.63) is 5.82 Å². The first-order valence-corrected chi connectivity index (χ1v) is 4.51. The fourth-order valence-electron chi connectivity index (χ4n) is 1.02. The Kier molecular flexibility index (Phi) is 2.85. The van der Waals surface area contributed by atoms with Crippen LogP contribution in [0.15, 0.2) is 0 Å². The summed E-state index contributed by atoms with van der Waals surface area (Å²) in [6, 6.07) is 0. The monoisotopic (exact) mass is 197 g/mol. The molecule has 1 heterocycles. The fourth-order valence-corrected chi connectivity index (χ4v) is 1.02. The first-order chi connectivity index (χ1) is 6.43. The molecule has 0 spiro atoms. The zero-order valence-corrected chi connectivity index (χ0v) is 8.86. The number of quaternary nitrogens is 1. The molecule has 1 rings (SSSR count). The maximum absolute atomic E-state index is 5.47. The predicted molar refractivity (Wildman–Crippen MR) is 55.0 cm³/mol. The molecule has 4 N–H and O–H groups in total. The Morgan fingerprint density at radius 1 is 1.07 bits per heavy atom. The summed E-state index contributed by atoms with van der Waals surface area (Å²) < 4.78 is 0.795. The molecular formula is C8H17N6+. The average Bonchev–Trinajstić information content (AvgIpc) is 2.01. The Labute approximate surface area is 83.6 Å². The van der Waals surface area contributed by atoms with E-state index in [2.05, 4.69) is 36.0 Å². The molecule has 0 bridgehead atoms. The molecule has 1 aromatic rings. The van der Waals surface area contributed by atoms with Gasteiger partial charge in [0.25, 0.3) is 0 Å². The molecule has 0 aliphatic rings. The number of hydrogen-bond acceptors (Lipinski definition) is 5. The molecule has 1 aromatic heterocycles. The quantitative estimate of drug-likeness (QED) is 0.645. The molecule has 0 amide bonds. The molecule has 14 heavy (non-hydrogen) atoms. The van der Waals surface area contributed by atoms with Crippen LogP contribution in [0.2, 0.25) is 0 Å². The molecule has 78 valence electrons. The Hall–Kier alpha value is -1.43. The molecule has 0 radical (unpaired) electrons. The van der Waals surface area contributed by atoms with Crippen LogP contribution in [0, 0.1) is 0 Å². The SMILES string of the molecule is CC[N+](C)(C)Cc1nc(N)nc(N)n1. The number of anilines is 2. The van der Waals surface area contributed by atoms with Crippen LogP contribution in [-0.4, -0.2) is 40.1 Å². The lowest BCUT2D eigenvalue weighted by molar-refractivity contribution is -0.902. The van der Waals surface area contributed by atoms with E-state index in [0.29, 0.717) is 12.4 Å². The van der Waals surface area contributed by atoms with Gasteiger partial charge < -0.3 is 16.0 Å². The van der Waals surface area contributed by atoms with Crippen LogP contribution in [-0.2, 0) is 6.54 Å². The zero-order valence-electron chi connectivity index (χ0n) is 8.86. The molecule has 0 saturated heterocycles. The maximum Gasteiger partial charge on any atom is 0.225 e. The highest BCUT2D eigenvalue weighted by atomic mass is 15.3. The van der Waals surface area contributed by atoms with Crippen molar-refractivity contribution in [1.29, 1.82) is 0 Å². The van der Waals surface area contributed by atoms with E-state index in [9.17, 15) is 0 Å². The van der Waals surface area contributed by atoms with Crippen molar-refractivity contribution in [2.45, 2.75) is 13.5 Å². The normalized spacial score (nSPS) is 11.6. The minimum atomic E-state index is 0.184. The van der Waals surface area contributed by atoms with E-state index in [-0.39, 0.29) is 11.9 Å². The minimum absolute atomic E-state index is 0.184. The highest BCUT2D eigenvalue weighted by Crippen LogP contribution is 2.06. The summed E-state index contributed by atoms with van der Waals surface area (Å²) in [5.74, 6) is 1.01. The van der Waals surface area contributed by atoms with E-state index in [0.717, 1.165) is 11.0 Å². The first kappa shape index (κ1) is 10.6. The van der Waals surface area contributed by atoms with E-state index in [1.807, 2.05) is 0 Å². The van der Waals surface area contributed by atoms with Gasteiger partial charge in [0.2, 0.25) is 11.9 Å². The van der Waals surface area contributed by atoms with Gasteiger partial charge in [-0.1, -0.05) is 0 Å².